The number of methoxy groups -OCH3 is 2. The molecule has 0 spiro atoms. The van der Waals surface area contributed by atoms with Gasteiger partial charge in [-0.1, -0.05) is 19.8 Å². The van der Waals surface area contributed by atoms with Crippen molar-refractivity contribution in [3.05, 3.63) is 47.5 Å². The lowest BCUT2D eigenvalue weighted by molar-refractivity contribution is -0.0837. The molecule has 0 aromatic heterocycles. The Labute approximate surface area is 175 Å². The van der Waals surface area contributed by atoms with Gasteiger partial charge >= 0.3 is 11.9 Å². The third-order valence-corrected chi connectivity index (χ3v) is 4.35. The molecule has 0 radical (unpaired) electrons. The summed E-state index contributed by atoms with van der Waals surface area (Å²) >= 11 is 0. The monoisotopic (exact) mass is 418 g/mol. The Bertz CT molecular complexity index is 810. The summed E-state index contributed by atoms with van der Waals surface area (Å²) in [4.78, 5) is 25.1. The summed E-state index contributed by atoms with van der Waals surface area (Å²) < 4.78 is 20.8. The van der Waals surface area contributed by atoms with Gasteiger partial charge in [0.2, 0.25) is 6.29 Å². The van der Waals surface area contributed by atoms with Crippen molar-refractivity contribution in [2.45, 2.75) is 38.9 Å². The Kier molecular flexibility index (Phi) is 8.34. The van der Waals surface area contributed by atoms with Gasteiger partial charge in [-0.3, -0.25) is 0 Å². The fourth-order valence-corrected chi connectivity index (χ4v) is 2.69. The summed E-state index contributed by atoms with van der Waals surface area (Å²) in [7, 11) is 2.73. The zero-order chi connectivity index (χ0) is 22.1. The first-order valence-electron chi connectivity index (χ1n) is 9.55. The van der Waals surface area contributed by atoms with Gasteiger partial charge in [-0.15, -0.1) is 0 Å². The number of carbonyl (C=O) groups is 2. The van der Waals surface area contributed by atoms with Gasteiger partial charge in [-0.2, -0.15) is 0 Å². The van der Waals surface area contributed by atoms with Gasteiger partial charge in [0.15, 0.2) is 23.0 Å². The summed E-state index contributed by atoms with van der Waals surface area (Å²) in [6.45, 7) is 2.03. The predicted molar refractivity (Wildman–Crippen MR) is 108 cm³/mol. The van der Waals surface area contributed by atoms with Crippen LogP contribution in [-0.2, 0) is 9.47 Å². The average Bonchev–Trinajstić information content (AvgIpc) is 2.74. The predicted octanol–water partition coefficient (Wildman–Crippen LogP) is 4.04. The van der Waals surface area contributed by atoms with Crippen LogP contribution < -0.4 is 9.47 Å². The number of phenolic OH excluding ortho intramolecular Hbond substituents is 2. The highest BCUT2D eigenvalue weighted by Gasteiger charge is 2.22. The summed E-state index contributed by atoms with van der Waals surface area (Å²) in [6, 6.07) is 8.08. The Morgan fingerprint density at radius 1 is 0.833 bits per heavy atom. The van der Waals surface area contributed by atoms with Crippen LogP contribution >= 0.6 is 0 Å². The molecular weight excluding hydrogens is 392 g/mol. The third kappa shape index (κ3) is 6.04. The maximum absolute atomic E-state index is 12.5. The van der Waals surface area contributed by atoms with Crippen molar-refractivity contribution in [3.63, 3.8) is 0 Å². The summed E-state index contributed by atoms with van der Waals surface area (Å²) in [5, 5.41) is 19.3. The quantitative estimate of drug-likeness (QED) is 0.338. The second-order valence-electron chi connectivity index (χ2n) is 6.51. The van der Waals surface area contributed by atoms with E-state index in [0.29, 0.717) is 12.8 Å². The van der Waals surface area contributed by atoms with E-state index in [1.54, 1.807) is 0 Å². The number of esters is 2. The number of hydrogen-bond acceptors (Lipinski definition) is 8. The number of rotatable bonds is 10. The molecule has 0 heterocycles. The molecule has 2 rings (SSSR count). The molecule has 0 atom stereocenters. The molecule has 8 heteroatoms. The largest absolute Gasteiger partial charge is 0.504 e. The van der Waals surface area contributed by atoms with Crippen molar-refractivity contribution in [2.24, 2.45) is 0 Å². The third-order valence-electron chi connectivity index (χ3n) is 4.35. The van der Waals surface area contributed by atoms with E-state index in [9.17, 15) is 19.8 Å². The SMILES string of the molecule is CCCCCC(OC(=O)c1ccc(O)c(OC)c1)OC(=O)c1ccc(O)c(OC)c1. The van der Waals surface area contributed by atoms with E-state index in [1.165, 1.54) is 50.6 Å². The molecule has 8 nitrogen and oxygen atoms in total. The molecule has 0 bridgehead atoms. The van der Waals surface area contributed by atoms with E-state index in [2.05, 4.69) is 0 Å². The van der Waals surface area contributed by atoms with Crippen molar-refractivity contribution in [1.29, 1.82) is 0 Å². The molecule has 0 saturated heterocycles. The second-order valence-corrected chi connectivity index (χ2v) is 6.51. The van der Waals surface area contributed by atoms with Crippen molar-refractivity contribution < 1.29 is 38.7 Å². The van der Waals surface area contributed by atoms with Crippen LogP contribution in [0.25, 0.3) is 0 Å². The lowest BCUT2D eigenvalue weighted by Crippen LogP contribution is -2.25. The van der Waals surface area contributed by atoms with E-state index < -0.39 is 18.2 Å². The minimum absolute atomic E-state index is 0.110. The zero-order valence-corrected chi connectivity index (χ0v) is 17.2. The lowest BCUT2D eigenvalue weighted by Gasteiger charge is -2.19. The molecule has 30 heavy (non-hydrogen) atoms. The number of carbonyl (C=O) groups excluding carboxylic acids is 2. The normalized spacial score (nSPS) is 10.5. The molecule has 0 saturated carbocycles. The number of unbranched alkanes of at least 4 members (excludes halogenated alkanes) is 2. The summed E-state index contributed by atoms with van der Waals surface area (Å²) in [5.41, 5.74) is 0.292. The maximum Gasteiger partial charge on any atom is 0.341 e. The molecule has 0 aliphatic carbocycles. The van der Waals surface area contributed by atoms with Crippen LogP contribution in [0.3, 0.4) is 0 Å². The van der Waals surface area contributed by atoms with Crippen LogP contribution in [-0.4, -0.2) is 42.7 Å². The summed E-state index contributed by atoms with van der Waals surface area (Å²) in [6.07, 6.45) is 1.75. The van der Waals surface area contributed by atoms with Crippen molar-refractivity contribution >= 4 is 11.9 Å². The van der Waals surface area contributed by atoms with E-state index >= 15 is 0 Å². The van der Waals surface area contributed by atoms with Crippen LogP contribution in [0.2, 0.25) is 0 Å². The molecule has 0 unspecified atom stereocenters. The van der Waals surface area contributed by atoms with Crippen LogP contribution in [0.5, 0.6) is 23.0 Å². The van der Waals surface area contributed by atoms with E-state index in [0.717, 1.165) is 12.8 Å². The fraction of sp³-hybridized carbons (Fsp3) is 0.364. The Morgan fingerprint density at radius 3 is 1.70 bits per heavy atom. The standard InChI is InChI=1S/C22H26O8/c1-4-5-6-7-20(29-21(25)14-8-10-16(23)18(12-14)27-2)30-22(26)15-9-11-17(24)19(13-15)28-3/h8-13,20,23-24H,4-7H2,1-3H3. The first kappa shape index (κ1) is 22.9. The molecule has 2 aromatic carbocycles. The minimum atomic E-state index is -1.10. The van der Waals surface area contributed by atoms with Gasteiger partial charge in [0.25, 0.3) is 0 Å². The van der Waals surface area contributed by atoms with Gasteiger partial charge in [-0.25, -0.2) is 9.59 Å². The Balaban J connectivity index is 2.14. The van der Waals surface area contributed by atoms with Crippen molar-refractivity contribution in [2.75, 3.05) is 14.2 Å². The average molecular weight is 418 g/mol. The van der Waals surface area contributed by atoms with E-state index in [4.69, 9.17) is 18.9 Å². The van der Waals surface area contributed by atoms with Crippen LogP contribution in [0, 0.1) is 0 Å². The number of aromatic hydroxyl groups is 2. The summed E-state index contributed by atoms with van der Waals surface area (Å²) in [5.74, 6) is -1.40. The molecular formula is C22H26O8. The van der Waals surface area contributed by atoms with Gasteiger partial charge in [0, 0.05) is 6.42 Å². The highest BCUT2D eigenvalue weighted by Crippen LogP contribution is 2.28. The van der Waals surface area contributed by atoms with Crippen LogP contribution in [0.4, 0.5) is 0 Å². The number of benzene rings is 2. The number of hydrogen-bond donors (Lipinski definition) is 2. The van der Waals surface area contributed by atoms with E-state index in [-0.39, 0.29) is 34.1 Å². The van der Waals surface area contributed by atoms with Gasteiger partial charge in [0.05, 0.1) is 25.3 Å². The minimum Gasteiger partial charge on any atom is -0.504 e. The first-order valence-corrected chi connectivity index (χ1v) is 9.55. The first-order chi connectivity index (χ1) is 14.4. The van der Waals surface area contributed by atoms with E-state index in [1.807, 2.05) is 6.92 Å². The lowest BCUT2D eigenvalue weighted by atomic mass is 10.2. The second kappa shape index (κ2) is 10.9. The zero-order valence-electron chi connectivity index (χ0n) is 17.2. The topological polar surface area (TPSA) is 112 Å². The van der Waals surface area contributed by atoms with Crippen LogP contribution in [0.15, 0.2) is 36.4 Å². The van der Waals surface area contributed by atoms with Gasteiger partial charge in [-0.05, 0) is 42.8 Å². The van der Waals surface area contributed by atoms with Crippen LogP contribution in [0.1, 0.15) is 53.3 Å². The highest BCUT2D eigenvalue weighted by atomic mass is 16.7. The van der Waals surface area contributed by atoms with Gasteiger partial charge < -0.3 is 29.2 Å². The highest BCUT2D eigenvalue weighted by molar-refractivity contribution is 5.92. The molecule has 2 N–H and O–H groups in total. The molecule has 0 aliphatic heterocycles. The number of ether oxygens (including phenoxy) is 4. The smallest absolute Gasteiger partial charge is 0.341 e. The Morgan fingerprint density at radius 2 is 1.30 bits per heavy atom. The Hall–Kier alpha value is -3.42. The van der Waals surface area contributed by atoms with Gasteiger partial charge in [0.1, 0.15) is 0 Å². The molecule has 0 aliphatic rings. The van der Waals surface area contributed by atoms with Crippen molar-refractivity contribution in [3.8, 4) is 23.0 Å². The molecule has 0 amide bonds. The molecule has 162 valence electrons. The van der Waals surface area contributed by atoms with Crippen molar-refractivity contribution in [1.82, 2.24) is 0 Å². The fourth-order valence-electron chi connectivity index (χ4n) is 2.69. The number of phenols is 2. The maximum atomic E-state index is 12.5. The molecule has 0 fully saturated rings. The molecule has 2 aromatic rings.